The van der Waals surface area contributed by atoms with Crippen LogP contribution in [0.3, 0.4) is 0 Å². The zero-order chi connectivity index (χ0) is 10.8. The van der Waals surface area contributed by atoms with Crippen molar-refractivity contribution in [2.45, 2.75) is 26.3 Å². The predicted octanol–water partition coefficient (Wildman–Crippen LogP) is 2.71. The number of rotatable bonds is 2. The Morgan fingerprint density at radius 2 is 1.79 bits per heavy atom. The molecule has 1 rings (SSSR count). The van der Waals surface area contributed by atoms with Gasteiger partial charge < -0.3 is 5.32 Å². The van der Waals surface area contributed by atoms with E-state index in [1.165, 1.54) is 6.92 Å². The third-order valence-electron chi connectivity index (χ3n) is 2.05. The first kappa shape index (κ1) is 11.1. The molecule has 0 aromatic heterocycles. The number of hydrogen-bond acceptors (Lipinski definition) is 1. The minimum absolute atomic E-state index is 0.0371. The Kier molecular flexibility index (Phi) is 3.17. The molecule has 14 heavy (non-hydrogen) atoms. The molecular formula is C11H14ClNO. The molecule has 76 valence electrons. The number of halogens is 1. The van der Waals surface area contributed by atoms with Crippen molar-refractivity contribution in [3.05, 3.63) is 34.9 Å². The highest BCUT2D eigenvalue weighted by Gasteiger charge is 2.20. The van der Waals surface area contributed by atoms with Gasteiger partial charge in [-0.15, -0.1) is 0 Å². The molecule has 0 bridgehead atoms. The highest BCUT2D eigenvalue weighted by atomic mass is 35.5. The fraction of sp³-hybridized carbons (Fsp3) is 0.364. The van der Waals surface area contributed by atoms with Gasteiger partial charge in [0, 0.05) is 11.9 Å². The molecule has 0 heterocycles. The molecule has 0 aliphatic carbocycles. The average molecular weight is 212 g/mol. The zero-order valence-corrected chi connectivity index (χ0v) is 9.35. The van der Waals surface area contributed by atoms with Gasteiger partial charge in [0.05, 0.1) is 5.54 Å². The van der Waals surface area contributed by atoms with E-state index in [-0.39, 0.29) is 11.4 Å². The SMILES string of the molecule is CC(=O)NC(C)(C)c1ccc(Cl)cc1. The Morgan fingerprint density at radius 3 is 2.21 bits per heavy atom. The molecule has 0 saturated heterocycles. The first-order valence-electron chi connectivity index (χ1n) is 4.46. The second-order valence-electron chi connectivity index (χ2n) is 3.81. The van der Waals surface area contributed by atoms with Crippen LogP contribution in [0.25, 0.3) is 0 Å². The summed E-state index contributed by atoms with van der Waals surface area (Å²) in [6.45, 7) is 5.42. The molecule has 0 radical (unpaired) electrons. The van der Waals surface area contributed by atoms with Gasteiger partial charge in [-0.05, 0) is 31.5 Å². The predicted molar refractivity (Wildman–Crippen MR) is 58.3 cm³/mol. The highest BCUT2D eigenvalue weighted by molar-refractivity contribution is 6.30. The smallest absolute Gasteiger partial charge is 0.217 e. The van der Waals surface area contributed by atoms with Crippen molar-refractivity contribution >= 4 is 17.5 Å². The molecule has 0 unspecified atom stereocenters. The Morgan fingerprint density at radius 1 is 1.29 bits per heavy atom. The van der Waals surface area contributed by atoms with Crippen LogP contribution in [-0.2, 0) is 10.3 Å². The second kappa shape index (κ2) is 4.01. The van der Waals surface area contributed by atoms with E-state index in [0.29, 0.717) is 5.02 Å². The maximum atomic E-state index is 11.0. The summed E-state index contributed by atoms with van der Waals surface area (Å²) in [6, 6.07) is 7.47. The zero-order valence-electron chi connectivity index (χ0n) is 8.60. The summed E-state index contributed by atoms with van der Waals surface area (Å²) < 4.78 is 0. The number of amides is 1. The lowest BCUT2D eigenvalue weighted by Crippen LogP contribution is -2.39. The van der Waals surface area contributed by atoms with E-state index in [2.05, 4.69) is 5.32 Å². The summed E-state index contributed by atoms with van der Waals surface area (Å²) in [5.41, 5.74) is 0.688. The number of carbonyl (C=O) groups excluding carboxylic acids is 1. The van der Waals surface area contributed by atoms with Gasteiger partial charge in [0.2, 0.25) is 5.91 Å². The number of carbonyl (C=O) groups is 1. The Hall–Kier alpha value is -1.02. The summed E-state index contributed by atoms with van der Waals surface area (Å²) in [7, 11) is 0. The van der Waals surface area contributed by atoms with Gasteiger partial charge in [-0.25, -0.2) is 0 Å². The first-order valence-corrected chi connectivity index (χ1v) is 4.84. The molecule has 1 amide bonds. The van der Waals surface area contributed by atoms with Crippen molar-refractivity contribution in [1.82, 2.24) is 5.32 Å². The van der Waals surface area contributed by atoms with Crippen LogP contribution in [0.1, 0.15) is 26.3 Å². The fourth-order valence-electron chi connectivity index (χ4n) is 1.38. The summed E-state index contributed by atoms with van der Waals surface area (Å²) in [5.74, 6) is -0.0371. The monoisotopic (exact) mass is 211 g/mol. The normalized spacial score (nSPS) is 11.1. The molecule has 1 N–H and O–H groups in total. The summed E-state index contributed by atoms with van der Waals surface area (Å²) in [5, 5.41) is 3.57. The molecule has 0 atom stereocenters. The molecule has 2 nitrogen and oxygen atoms in total. The average Bonchev–Trinajstić information content (AvgIpc) is 2.02. The quantitative estimate of drug-likeness (QED) is 0.801. The summed E-state index contributed by atoms with van der Waals surface area (Å²) in [4.78, 5) is 11.0. The lowest BCUT2D eigenvalue weighted by atomic mass is 9.94. The number of benzene rings is 1. The molecule has 0 aliphatic rings. The van der Waals surface area contributed by atoms with Gasteiger partial charge in [-0.1, -0.05) is 23.7 Å². The van der Waals surface area contributed by atoms with Crippen molar-refractivity contribution in [3.63, 3.8) is 0 Å². The molecule has 1 aromatic rings. The van der Waals surface area contributed by atoms with Crippen molar-refractivity contribution in [2.24, 2.45) is 0 Å². The van der Waals surface area contributed by atoms with E-state index >= 15 is 0 Å². The molecule has 0 fully saturated rings. The maximum absolute atomic E-state index is 11.0. The van der Waals surface area contributed by atoms with Crippen LogP contribution in [0.15, 0.2) is 24.3 Å². The van der Waals surface area contributed by atoms with Gasteiger partial charge in [0.1, 0.15) is 0 Å². The van der Waals surface area contributed by atoms with Gasteiger partial charge in [0.25, 0.3) is 0 Å². The van der Waals surface area contributed by atoms with Crippen LogP contribution < -0.4 is 5.32 Å². The van der Waals surface area contributed by atoms with Crippen LogP contribution in [-0.4, -0.2) is 5.91 Å². The van der Waals surface area contributed by atoms with E-state index in [4.69, 9.17) is 11.6 Å². The second-order valence-corrected chi connectivity index (χ2v) is 4.25. The molecule has 0 aliphatic heterocycles. The van der Waals surface area contributed by atoms with E-state index in [9.17, 15) is 4.79 Å². The van der Waals surface area contributed by atoms with Crippen LogP contribution in [0, 0.1) is 0 Å². The lowest BCUT2D eigenvalue weighted by Gasteiger charge is -2.26. The van der Waals surface area contributed by atoms with Crippen LogP contribution in [0.2, 0.25) is 5.02 Å². The standard InChI is InChI=1S/C11H14ClNO/c1-8(14)13-11(2,3)9-4-6-10(12)7-5-9/h4-7H,1-3H3,(H,13,14). The minimum Gasteiger partial charge on any atom is -0.347 e. The molecular weight excluding hydrogens is 198 g/mol. The third-order valence-corrected chi connectivity index (χ3v) is 2.31. The van der Waals surface area contributed by atoms with Crippen molar-refractivity contribution in [1.29, 1.82) is 0 Å². The first-order chi connectivity index (χ1) is 6.42. The van der Waals surface area contributed by atoms with Crippen LogP contribution in [0.4, 0.5) is 0 Å². The Balaban J connectivity index is 2.91. The number of nitrogens with one attached hydrogen (secondary N) is 1. The Labute approximate surface area is 89.3 Å². The largest absolute Gasteiger partial charge is 0.347 e. The van der Waals surface area contributed by atoms with Gasteiger partial charge in [0.15, 0.2) is 0 Å². The summed E-state index contributed by atoms with van der Waals surface area (Å²) in [6.07, 6.45) is 0. The lowest BCUT2D eigenvalue weighted by molar-refractivity contribution is -0.120. The van der Waals surface area contributed by atoms with E-state index in [1.807, 2.05) is 38.1 Å². The van der Waals surface area contributed by atoms with Crippen molar-refractivity contribution in [2.75, 3.05) is 0 Å². The molecule has 1 aromatic carbocycles. The number of hydrogen-bond donors (Lipinski definition) is 1. The molecule has 0 spiro atoms. The van der Waals surface area contributed by atoms with E-state index in [0.717, 1.165) is 5.56 Å². The van der Waals surface area contributed by atoms with Crippen LogP contribution >= 0.6 is 11.6 Å². The maximum Gasteiger partial charge on any atom is 0.217 e. The summed E-state index contributed by atoms with van der Waals surface area (Å²) >= 11 is 5.78. The van der Waals surface area contributed by atoms with Gasteiger partial charge in [-0.2, -0.15) is 0 Å². The van der Waals surface area contributed by atoms with Crippen LogP contribution in [0.5, 0.6) is 0 Å². The minimum atomic E-state index is -0.351. The van der Waals surface area contributed by atoms with E-state index in [1.54, 1.807) is 0 Å². The third kappa shape index (κ3) is 2.74. The van der Waals surface area contributed by atoms with Gasteiger partial charge in [-0.3, -0.25) is 4.79 Å². The molecule has 0 saturated carbocycles. The van der Waals surface area contributed by atoms with E-state index < -0.39 is 0 Å². The highest BCUT2D eigenvalue weighted by Crippen LogP contribution is 2.21. The van der Waals surface area contributed by atoms with Crippen molar-refractivity contribution in [3.8, 4) is 0 Å². The Bertz CT molecular complexity index is 330. The van der Waals surface area contributed by atoms with Gasteiger partial charge >= 0.3 is 0 Å². The molecule has 3 heteroatoms. The van der Waals surface area contributed by atoms with Crippen molar-refractivity contribution < 1.29 is 4.79 Å². The fourth-order valence-corrected chi connectivity index (χ4v) is 1.50. The topological polar surface area (TPSA) is 29.1 Å².